The Balaban J connectivity index is 1.60. The van der Waals surface area contributed by atoms with Gasteiger partial charge in [0.1, 0.15) is 0 Å². The van der Waals surface area contributed by atoms with Crippen LogP contribution in [0.3, 0.4) is 0 Å². The van der Waals surface area contributed by atoms with Crippen molar-refractivity contribution in [3.05, 3.63) is 82.9 Å². The summed E-state index contributed by atoms with van der Waals surface area (Å²) in [4.78, 5) is 0. The van der Waals surface area contributed by atoms with Gasteiger partial charge in [0.25, 0.3) is 0 Å². The predicted molar refractivity (Wildman–Crippen MR) is 90.8 cm³/mol. The van der Waals surface area contributed by atoms with Gasteiger partial charge in [-0.1, -0.05) is 66.2 Å². The van der Waals surface area contributed by atoms with Gasteiger partial charge in [0, 0.05) is 11.6 Å². The van der Waals surface area contributed by atoms with Crippen LogP contribution in [0.1, 0.15) is 11.1 Å². The van der Waals surface area contributed by atoms with E-state index in [1.807, 2.05) is 18.2 Å². The van der Waals surface area contributed by atoms with Crippen LogP contribution in [-0.4, -0.2) is 6.54 Å². The molecule has 0 aliphatic carbocycles. The molecule has 2 heteroatoms. The van der Waals surface area contributed by atoms with E-state index in [9.17, 15) is 0 Å². The first-order chi connectivity index (χ1) is 10.3. The lowest BCUT2D eigenvalue weighted by atomic mass is 10.0. The molecule has 0 spiro atoms. The lowest BCUT2D eigenvalue weighted by Crippen LogP contribution is -2.16. The standard InChI is InChI=1S/C19H18ClN/c20-18-9-3-5-15(13-18)14-21-12-11-17-8-4-7-16-6-1-2-10-19(16)17/h1-10,13,21H,11-12,14H2. The molecule has 0 bridgehead atoms. The predicted octanol–water partition coefficient (Wildman–Crippen LogP) is 4.83. The van der Waals surface area contributed by atoms with E-state index in [1.165, 1.54) is 21.9 Å². The third-order valence-corrected chi connectivity index (χ3v) is 3.90. The van der Waals surface area contributed by atoms with E-state index >= 15 is 0 Å². The summed E-state index contributed by atoms with van der Waals surface area (Å²) in [5, 5.41) is 6.94. The van der Waals surface area contributed by atoms with Crippen molar-refractivity contribution in [2.75, 3.05) is 6.54 Å². The first-order valence-corrected chi connectivity index (χ1v) is 7.62. The number of nitrogens with one attached hydrogen (secondary N) is 1. The molecule has 0 fully saturated rings. The monoisotopic (exact) mass is 295 g/mol. The molecule has 0 unspecified atom stereocenters. The Hall–Kier alpha value is -1.83. The van der Waals surface area contributed by atoms with Crippen LogP contribution in [0.2, 0.25) is 5.02 Å². The fraction of sp³-hybridized carbons (Fsp3) is 0.158. The molecule has 0 aromatic heterocycles. The van der Waals surface area contributed by atoms with Crippen molar-refractivity contribution < 1.29 is 0 Å². The van der Waals surface area contributed by atoms with Crippen molar-refractivity contribution in [2.24, 2.45) is 0 Å². The van der Waals surface area contributed by atoms with Gasteiger partial charge >= 0.3 is 0 Å². The lowest BCUT2D eigenvalue weighted by Gasteiger charge is -2.08. The van der Waals surface area contributed by atoms with Gasteiger partial charge in [0.05, 0.1) is 0 Å². The van der Waals surface area contributed by atoms with Gasteiger partial charge in [0.15, 0.2) is 0 Å². The summed E-state index contributed by atoms with van der Waals surface area (Å²) in [5.41, 5.74) is 2.62. The minimum atomic E-state index is 0.795. The number of benzene rings is 3. The molecule has 0 radical (unpaired) electrons. The number of halogens is 1. The van der Waals surface area contributed by atoms with Gasteiger partial charge in [-0.25, -0.2) is 0 Å². The van der Waals surface area contributed by atoms with Crippen LogP contribution in [0.4, 0.5) is 0 Å². The van der Waals surface area contributed by atoms with Crippen LogP contribution in [0, 0.1) is 0 Å². The van der Waals surface area contributed by atoms with E-state index in [0.29, 0.717) is 0 Å². The molecule has 1 nitrogen and oxygen atoms in total. The second-order valence-corrected chi connectivity index (χ2v) is 5.63. The summed E-state index contributed by atoms with van der Waals surface area (Å²) in [5.74, 6) is 0. The number of hydrogen-bond donors (Lipinski definition) is 1. The zero-order valence-corrected chi connectivity index (χ0v) is 12.6. The summed E-state index contributed by atoms with van der Waals surface area (Å²) < 4.78 is 0. The van der Waals surface area contributed by atoms with Crippen molar-refractivity contribution in [2.45, 2.75) is 13.0 Å². The highest BCUT2D eigenvalue weighted by atomic mass is 35.5. The topological polar surface area (TPSA) is 12.0 Å². The number of rotatable bonds is 5. The van der Waals surface area contributed by atoms with E-state index in [4.69, 9.17) is 11.6 Å². The third kappa shape index (κ3) is 3.63. The van der Waals surface area contributed by atoms with Crippen LogP contribution in [-0.2, 0) is 13.0 Å². The average Bonchev–Trinajstić information content (AvgIpc) is 2.52. The first-order valence-electron chi connectivity index (χ1n) is 7.25. The van der Waals surface area contributed by atoms with Crippen molar-refractivity contribution in [1.82, 2.24) is 5.32 Å². The SMILES string of the molecule is Clc1cccc(CNCCc2cccc3ccccc23)c1. The van der Waals surface area contributed by atoms with E-state index in [2.05, 4.69) is 53.8 Å². The molecule has 0 amide bonds. The smallest absolute Gasteiger partial charge is 0.0409 e. The zero-order valence-electron chi connectivity index (χ0n) is 11.9. The second-order valence-electron chi connectivity index (χ2n) is 5.19. The minimum absolute atomic E-state index is 0.795. The molecule has 21 heavy (non-hydrogen) atoms. The van der Waals surface area contributed by atoms with Gasteiger partial charge in [-0.2, -0.15) is 0 Å². The van der Waals surface area contributed by atoms with Gasteiger partial charge < -0.3 is 5.32 Å². The molecular formula is C19H18ClN. The van der Waals surface area contributed by atoms with Gasteiger partial charge in [0.2, 0.25) is 0 Å². The fourth-order valence-corrected chi connectivity index (χ4v) is 2.83. The Morgan fingerprint density at radius 1 is 0.857 bits per heavy atom. The van der Waals surface area contributed by atoms with E-state index < -0.39 is 0 Å². The highest BCUT2D eigenvalue weighted by molar-refractivity contribution is 6.30. The Labute approximate surface area is 130 Å². The largest absolute Gasteiger partial charge is 0.312 e. The van der Waals surface area contributed by atoms with Crippen LogP contribution in [0.15, 0.2) is 66.7 Å². The van der Waals surface area contributed by atoms with Gasteiger partial charge in [-0.3, -0.25) is 0 Å². The summed E-state index contributed by atoms with van der Waals surface area (Å²) in [6, 6.07) is 23.1. The maximum absolute atomic E-state index is 5.99. The Kier molecular flexibility index (Phi) is 4.54. The lowest BCUT2D eigenvalue weighted by molar-refractivity contribution is 0.688. The van der Waals surface area contributed by atoms with E-state index in [0.717, 1.165) is 24.5 Å². The molecule has 0 aliphatic rings. The van der Waals surface area contributed by atoms with Crippen molar-refractivity contribution in [3.63, 3.8) is 0 Å². The van der Waals surface area contributed by atoms with E-state index in [-0.39, 0.29) is 0 Å². The van der Waals surface area contributed by atoms with Crippen molar-refractivity contribution in [3.8, 4) is 0 Å². The molecule has 106 valence electrons. The number of hydrogen-bond acceptors (Lipinski definition) is 1. The minimum Gasteiger partial charge on any atom is -0.312 e. The van der Waals surface area contributed by atoms with Crippen molar-refractivity contribution >= 4 is 22.4 Å². The zero-order chi connectivity index (χ0) is 14.5. The molecule has 0 saturated heterocycles. The molecule has 0 atom stereocenters. The van der Waals surface area contributed by atoms with Crippen LogP contribution >= 0.6 is 11.6 Å². The summed E-state index contributed by atoms with van der Waals surface area (Å²) >= 11 is 5.99. The molecule has 0 saturated carbocycles. The Morgan fingerprint density at radius 3 is 2.57 bits per heavy atom. The molecule has 3 aromatic rings. The normalized spacial score (nSPS) is 10.9. The fourth-order valence-electron chi connectivity index (χ4n) is 2.61. The number of fused-ring (bicyclic) bond motifs is 1. The van der Waals surface area contributed by atoms with Crippen LogP contribution < -0.4 is 5.32 Å². The molecule has 0 heterocycles. The molecule has 0 aliphatic heterocycles. The van der Waals surface area contributed by atoms with Crippen LogP contribution in [0.5, 0.6) is 0 Å². The quantitative estimate of drug-likeness (QED) is 0.665. The maximum atomic E-state index is 5.99. The highest BCUT2D eigenvalue weighted by Crippen LogP contribution is 2.18. The van der Waals surface area contributed by atoms with Gasteiger partial charge in [-0.05, 0) is 47.0 Å². The second kappa shape index (κ2) is 6.75. The molecule has 3 aromatic carbocycles. The van der Waals surface area contributed by atoms with Gasteiger partial charge in [-0.15, -0.1) is 0 Å². The highest BCUT2D eigenvalue weighted by Gasteiger charge is 2.00. The van der Waals surface area contributed by atoms with Crippen molar-refractivity contribution in [1.29, 1.82) is 0 Å². The average molecular weight is 296 g/mol. The van der Waals surface area contributed by atoms with E-state index in [1.54, 1.807) is 0 Å². The molecular weight excluding hydrogens is 278 g/mol. The first kappa shape index (κ1) is 14.1. The third-order valence-electron chi connectivity index (χ3n) is 3.67. The molecule has 3 rings (SSSR count). The summed E-state index contributed by atoms with van der Waals surface area (Å²) in [6.45, 7) is 1.81. The molecule has 1 N–H and O–H groups in total. The summed E-state index contributed by atoms with van der Waals surface area (Å²) in [7, 11) is 0. The maximum Gasteiger partial charge on any atom is 0.0409 e. The Morgan fingerprint density at radius 2 is 1.67 bits per heavy atom. The van der Waals surface area contributed by atoms with Crippen LogP contribution in [0.25, 0.3) is 10.8 Å². The summed E-state index contributed by atoms with van der Waals surface area (Å²) in [6.07, 6.45) is 1.03. The Bertz CT molecular complexity index is 731.